The monoisotopic (exact) mass is 359 g/mol. The zero-order chi connectivity index (χ0) is 18.8. The number of unbranched alkanes of at least 4 members (excludes halogenated alkanes) is 3. The second kappa shape index (κ2) is 10.3. The van der Waals surface area contributed by atoms with Gasteiger partial charge in [-0.1, -0.05) is 49.6 Å². The summed E-state index contributed by atoms with van der Waals surface area (Å²) in [6.07, 6.45) is 5.86. The summed E-state index contributed by atoms with van der Waals surface area (Å²) in [6.45, 7) is 2.20. The summed E-state index contributed by atoms with van der Waals surface area (Å²) in [5.74, 6) is -0.485. The third-order valence-corrected chi connectivity index (χ3v) is 4.08. The van der Waals surface area contributed by atoms with Crippen molar-refractivity contribution >= 4 is 24.1 Å². The minimum Gasteiger partial charge on any atom is -0.466 e. The number of rotatable bonds is 10. The number of carbonyl (C=O) groups excluding carboxylic acids is 3. The molecule has 0 aromatic heterocycles. The maximum atomic E-state index is 12.0. The fourth-order valence-corrected chi connectivity index (χ4v) is 2.75. The van der Waals surface area contributed by atoms with Crippen LogP contribution in [0, 0.1) is 0 Å². The first-order valence-electron chi connectivity index (χ1n) is 9.00. The summed E-state index contributed by atoms with van der Waals surface area (Å²) in [5, 5.41) is 7.70. The predicted octanol–water partition coefficient (Wildman–Crippen LogP) is 2.84. The molecule has 0 saturated carbocycles. The van der Waals surface area contributed by atoms with Crippen LogP contribution in [0.15, 0.2) is 35.4 Å². The number of hydrazone groups is 1. The molecule has 1 unspecified atom stereocenters. The molecule has 0 aliphatic carbocycles. The van der Waals surface area contributed by atoms with Gasteiger partial charge in [-0.15, -0.1) is 0 Å². The van der Waals surface area contributed by atoms with E-state index < -0.39 is 12.1 Å². The van der Waals surface area contributed by atoms with Crippen LogP contribution in [0.3, 0.4) is 0 Å². The number of ether oxygens (including phenoxy) is 1. The van der Waals surface area contributed by atoms with E-state index in [9.17, 15) is 14.4 Å². The van der Waals surface area contributed by atoms with Crippen LogP contribution in [-0.2, 0) is 14.3 Å². The molecule has 2 rings (SSSR count). The van der Waals surface area contributed by atoms with E-state index in [1.54, 1.807) is 13.1 Å². The first-order chi connectivity index (χ1) is 12.6. The van der Waals surface area contributed by atoms with Crippen LogP contribution < -0.4 is 5.32 Å². The fourth-order valence-electron chi connectivity index (χ4n) is 2.75. The molecule has 1 aliphatic heterocycles. The van der Waals surface area contributed by atoms with Crippen molar-refractivity contribution in [3.8, 4) is 0 Å². The third kappa shape index (κ3) is 5.98. The summed E-state index contributed by atoms with van der Waals surface area (Å²) < 4.78 is 4.88. The zero-order valence-corrected chi connectivity index (χ0v) is 15.0. The molecule has 0 bridgehead atoms. The highest BCUT2D eigenvalue weighted by molar-refractivity contribution is 6.04. The van der Waals surface area contributed by atoms with Crippen molar-refractivity contribution in [3.05, 3.63) is 35.9 Å². The van der Waals surface area contributed by atoms with Crippen LogP contribution in [0.5, 0.6) is 0 Å². The van der Waals surface area contributed by atoms with Crippen molar-refractivity contribution in [2.24, 2.45) is 5.10 Å². The van der Waals surface area contributed by atoms with Gasteiger partial charge in [0.15, 0.2) is 0 Å². The van der Waals surface area contributed by atoms with Gasteiger partial charge in [0.2, 0.25) is 0 Å². The van der Waals surface area contributed by atoms with Crippen LogP contribution in [0.4, 0.5) is 4.79 Å². The summed E-state index contributed by atoms with van der Waals surface area (Å²) in [4.78, 5) is 35.2. The Balaban J connectivity index is 1.77. The number of carbonyl (C=O) groups is 3. The van der Waals surface area contributed by atoms with Crippen molar-refractivity contribution in [1.29, 1.82) is 0 Å². The molecule has 1 atom stereocenters. The van der Waals surface area contributed by atoms with Gasteiger partial charge in [-0.25, -0.2) is 9.80 Å². The summed E-state index contributed by atoms with van der Waals surface area (Å²) in [5.41, 5.74) is 0.859. The lowest BCUT2D eigenvalue weighted by Crippen LogP contribution is -2.30. The lowest BCUT2D eigenvalue weighted by molar-refractivity contribution is -0.143. The lowest BCUT2D eigenvalue weighted by atomic mass is 10.1. The molecule has 1 saturated heterocycles. The van der Waals surface area contributed by atoms with Crippen molar-refractivity contribution < 1.29 is 19.1 Å². The van der Waals surface area contributed by atoms with Crippen LogP contribution in [-0.4, -0.2) is 41.8 Å². The minimum atomic E-state index is -0.576. The highest BCUT2D eigenvalue weighted by Gasteiger charge is 2.37. The zero-order valence-electron chi connectivity index (χ0n) is 15.0. The number of hydrogen-bond donors (Lipinski definition) is 1. The number of amides is 3. The van der Waals surface area contributed by atoms with Gasteiger partial charge in [-0.3, -0.25) is 14.9 Å². The molecule has 1 aromatic carbocycles. The SMILES string of the molecule is CCOC(=O)CCCCCCC1C(=O)NC(=O)N1/N=C/c1ccccc1. The van der Waals surface area contributed by atoms with E-state index in [4.69, 9.17) is 4.74 Å². The summed E-state index contributed by atoms with van der Waals surface area (Å²) in [7, 11) is 0. The predicted molar refractivity (Wildman–Crippen MR) is 97.5 cm³/mol. The van der Waals surface area contributed by atoms with Gasteiger partial charge < -0.3 is 4.74 Å². The minimum absolute atomic E-state index is 0.172. The smallest absolute Gasteiger partial charge is 0.345 e. The van der Waals surface area contributed by atoms with Gasteiger partial charge in [0, 0.05) is 6.42 Å². The first kappa shape index (κ1) is 19.6. The Hall–Kier alpha value is -2.70. The maximum absolute atomic E-state index is 12.0. The molecule has 1 aliphatic rings. The van der Waals surface area contributed by atoms with Crippen molar-refractivity contribution in [2.75, 3.05) is 6.61 Å². The van der Waals surface area contributed by atoms with E-state index in [-0.39, 0.29) is 11.9 Å². The molecule has 7 nitrogen and oxygen atoms in total. The Labute approximate surface area is 153 Å². The first-order valence-corrected chi connectivity index (χ1v) is 9.00. The van der Waals surface area contributed by atoms with E-state index in [1.807, 2.05) is 30.3 Å². The molecule has 140 valence electrons. The normalized spacial score (nSPS) is 17.0. The van der Waals surface area contributed by atoms with E-state index in [1.165, 1.54) is 5.01 Å². The standard InChI is InChI=1S/C19H25N3O4/c1-2-26-17(23)13-9-4-3-8-12-16-18(24)21-19(25)22(16)20-14-15-10-6-5-7-11-15/h5-7,10-11,14,16H,2-4,8-9,12-13H2,1H3,(H,21,24,25)/b20-14+. The molecule has 0 radical (unpaired) electrons. The number of nitrogens with zero attached hydrogens (tertiary/aromatic N) is 2. The number of urea groups is 1. The topological polar surface area (TPSA) is 88.1 Å². The second-order valence-electron chi connectivity index (χ2n) is 6.07. The van der Waals surface area contributed by atoms with Gasteiger partial charge in [0.1, 0.15) is 6.04 Å². The number of esters is 1. The Morgan fingerprint density at radius 3 is 2.65 bits per heavy atom. The van der Waals surface area contributed by atoms with Crippen LogP contribution in [0.2, 0.25) is 0 Å². The average Bonchev–Trinajstić information content (AvgIpc) is 2.90. The number of benzene rings is 1. The molecule has 26 heavy (non-hydrogen) atoms. The Morgan fingerprint density at radius 1 is 1.19 bits per heavy atom. The highest BCUT2D eigenvalue weighted by atomic mass is 16.5. The average molecular weight is 359 g/mol. The molecule has 1 N–H and O–H groups in total. The molecular formula is C19H25N3O4. The second-order valence-corrected chi connectivity index (χ2v) is 6.07. The molecule has 1 heterocycles. The maximum Gasteiger partial charge on any atom is 0.345 e. The van der Waals surface area contributed by atoms with Crippen LogP contribution in [0.25, 0.3) is 0 Å². The number of imide groups is 1. The van der Waals surface area contributed by atoms with Gasteiger partial charge in [0.05, 0.1) is 12.8 Å². The van der Waals surface area contributed by atoms with E-state index in [0.29, 0.717) is 19.4 Å². The van der Waals surface area contributed by atoms with Crippen LogP contribution in [0.1, 0.15) is 51.0 Å². The third-order valence-electron chi connectivity index (χ3n) is 4.08. The quantitative estimate of drug-likeness (QED) is 0.301. The lowest BCUT2D eigenvalue weighted by Gasteiger charge is -2.15. The van der Waals surface area contributed by atoms with Gasteiger partial charge in [0.25, 0.3) is 5.91 Å². The molecule has 7 heteroatoms. The van der Waals surface area contributed by atoms with Gasteiger partial charge in [-0.05, 0) is 25.3 Å². The fraction of sp³-hybridized carbons (Fsp3) is 0.474. The summed E-state index contributed by atoms with van der Waals surface area (Å²) in [6, 6.07) is 8.33. The van der Waals surface area contributed by atoms with Gasteiger partial charge in [-0.2, -0.15) is 5.10 Å². The molecule has 1 fully saturated rings. The van der Waals surface area contributed by atoms with E-state index >= 15 is 0 Å². The Kier molecular flexibility index (Phi) is 7.79. The van der Waals surface area contributed by atoms with Crippen LogP contribution >= 0.6 is 0 Å². The highest BCUT2D eigenvalue weighted by Crippen LogP contribution is 2.17. The number of hydrogen-bond acceptors (Lipinski definition) is 5. The Bertz CT molecular complexity index is 645. The van der Waals surface area contributed by atoms with E-state index in [0.717, 1.165) is 31.2 Å². The molecule has 3 amide bonds. The Morgan fingerprint density at radius 2 is 1.92 bits per heavy atom. The van der Waals surface area contributed by atoms with Crippen molar-refractivity contribution in [1.82, 2.24) is 10.3 Å². The molecular weight excluding hydrogens is 334 g/mol. The van der Waals surface area contributed by atoms with Gasteiger partial charge >= 0.3 is 12.0 Å². The number of nitrogens with one attached hydrogen (secondary N) is 1. The van der Waals surface area contributed by atoms with Crippen molar-refractivity contribution in [3.63, 3.8) is 0 Å². The van der Waals surface area contributed by atoms with Crippen molar-refractivity contribution in [2.45, 2.75) is 51.5 Å². The summed E-state index contributed by atoms with van der Waals surface area (Å²) >= 11 is 0. The largest absolute Gasteiger partial charge is 0.466 e. The molecule has 1 aromatic rings. The van der Waals surface area contributed by atoms with E-state index in [2.05, 4.69) is 10.4 Å². The molecule has 0 spiro atoms.